The van der Waals surface area contributed by atoms with Gasteiger partial charge in [0, 0.05) is 12.1 Å². The van der Waals surface area contributed by atoms with Crippen LogP contribution in [0.5, 0.6) is 0 Å². The lowest BCUT2D eigenvalue weighted by molar-refractivity contribution is 0.0595. The van der Waals surface area contributed by atoms with Crippen molar-refractivity contribution in [2.45, 2.75) is 38.1 Å². The predicted octanol–water partition coefficient (Wildman–Crippen LogP) is 3.50. The van der Waals surface area contributed by atoms with Gasteiger partial charge in [0.05, 0.1) is 18.4 Å². The first-order valence-electron chi connectivity index (χ1n) is 6.45. The molecule has 1 aromatic carbocycles. The van der Waals surface area contributed by atoms with Crippen LogP contribution in [0.15, 0.2) is 12.1 Å². The molecule has 0 amide bonds. The molecule has 1 saturated carbocycles. The third-order valence-corrected chi connectivity index (χ3v) is 3.43. The zero-order chi connectivity index (χ0) is 13.8. The summed E-state index contributed by atoms with van der Waals surface area (Å²) in [5.41, 5.74) is -0.0871. The van der Waals surface area contributed by atoms with Gasteiger partial charge in [-0.2, -0.15) is 0 Å². The Kier molecular flexibility index (Phi) is 4.35. The van der Waals surface area contributed by atoms with Crippen LogP contribution in [0, 0.1) is 11.6 Å². The maximum atomic E-state index is 13.7. The molecule has 0 aliphatic heterocycles. The number of halogens is 2. The van der Waals surface area contributed by atoms with Gasteiger partial charge >= 0.3 is 5.97 Å². The van der Waals surface area contributed by atoms with Crippen LogP contribution >= 0.6 is 0 Å². The second-order valence-electron chi connectivity index (χ2n) is 4.78. The number of esters is 1. The molecule has 0 aromatic heterocycles. The van der Waals surface area contributed by atoms with E-state index in [0.717, 1.165) is 31.7 Å². The van der Waals surface area contributed by atoms with Crippen molar-refractivity contribution < 1.29 is 18.3 Å². The molecule has 1 fully saturated rings. The number of hydrogen-bond donors (Lipinski definition) is 1. The van der Waals surface area contributed by atoms with Crippen molar-refractivity contribution in [3.63, 3.8) is 0 Å². The van der Waals surface area contributed by atoms with Gasteiger partial charge in [0.2, 0.25) is 0 Å². The van der Waals surface area contributed by atoms with Crippen LogP contribution in [0.2, 0.25) is 0 Å². The molecule has 104 valence electrons. The highest BCUT2D eigenvalue weighted by atomic mass is 19.1. The Balaban J connectivity index is 2.21. The second-order valence-corrected chi connectivity index (χ2v) is 4.78. The maximum Gasteiger partial charge on any atom is 0.340 e. The molecule has 5 heteroatoms. The van der Waals surface area contributed by atoms with E-state index in [1.165, 1.54) is 19.6 Å². The molecule has 0 spiro atoms. The van der Waals surface area contributed by atoms with Crippen molar-refractivity contribution in [2.75, 3.05) is 12.4 Å². The van der Waals surface area contributed by atoms with Crippen molar-refractivity contribution in [1.82, 2.24) is 0 Å². The van der Waals surface area contributed by atoms with Crippen molar-refractivity contribution >= 4 is 11.7 Å². The molecule has 0 heterocycles. The number of carbonyl (C=O) groups excluding carboxylic acids is 1. The minimum absolute atomic E-state index is 0.161. The lowest BCUT2D eigenvalue weighted by Gasteiger charge is -2.24. The van der Waals surface area contributed by atoms with Crippen LogP contribution in [-0.4, -0.2) is 19.1 Å². The van der Waals surface area contributed by atoms with E-state index >= 15 is 0 Å². The largest absolute Gasteiger partial charge is 0.465 e. The van der Waals surface area contributed by atoms with Crippen LogP contribution in [0.3, 0.4) is 0 Å². The first-order chi connectivity index (χ1) is 9.11. The number of nitrogens with one attached hydrogen (secondary N) is 1. The Morgan fingerprint density at radius 3 is 2.53 bits per heavy atom. The fourth-order valence-electron chi connectivity index (χ4n) is 2.39. The Morgan fingerprint density at radius 1 is 1.21 bits per heavy atom. The summed E-state index contributed by atoms with van der Waals surface area (Å²) < 4.78 is 31.6. The monoisotopic (exact) mass is 269 g/mol. The number of ether oxygens (including phenoxy) is 1. The molecule has 0 radical (unpaired) electrons. The molecule has 0 saturated heterocycles. The van der Waals surface area contributed by atoms with Crippen molar-refractivity contribution in [3.8, 4) is 0 Å². The quantitative estimate of drug-likeness (QED) is 0.853. The van der Waals surface area contributed by atoms with Gasteiger partial charge in [-0.25, -0.2) is 13.6 Å². The minimum atomic E-state index is -0.904. The summed E-state index contributed by atoms with van der Waals surface area (Å²) in [6.45, 7) is 0. The lowest BCUT2D eigenvalue weighted by Crippen LogP contribution is -2.23. The molecule has 0 unspecified atom stereocenters. The van der Waals surface area contributed by atoms with Gasteiger partial charge in [-0.3, -0.25) is 0 Å². The van der Waals surface area contributed by atoms with E-state index in [1.807, 2.05) is 0 Å². The van der Waals surface area contributed by atoms with Gasteiger partial charge in [-0.1, -0.05) is 19.3 Å². The van der Waals surface area contributed by atoms with Crippen LogP contribution < -0.4 is 5.32 Å². The van der Waals surface area contributed by atoms with Gasteiger partial charge < -0.3 is 10.1 Å². The molecule has 1 aromatic rings. The molecule has 19 heavy (non-hydrogen) atoms. The van der Waals surface area contributed by atoms with E-state index in [-0.39, 0.29) is 17.3 Å². The lowest BCUT2D eigenvalue weighted by atomic mass is 9.95. The number of methoxy groups -OCH3 is 1. The van der Waals surface area contributed by atoms with E-state index in [4.69, 9.17) is 0 Å². The highest BCUT2D eigenvalue weighted by Gasteiger charge is 2.19. The highest BCUT2D eigenvalue weighted by Crippen LogP contribution is 2.25. The standard InChI is InChI=1S/C14H17F2NO2/c1-19-14(18)10-7-13(12(16)8-11(10)15)17-9-5-3-2-4-6-9/h7-9,17H,2-6H2,1H3. The van der Waals surface area contributed by atoms with Gasteiger partial charge in [-0.05, 0) is 18.9 Å². The van der Waals surface area contributed by atoms with Crippen LogP contribution in [-0.2, 0) is 4.74 Å². The molecule has 3 nitrogen and oxygen atoms in total. The summed E-state index contributed by atoms with van der Waals surface area (Å²) in [5, 5.41) is 3.05. The molecule has 1 N–H and O–H groups in total. The molecule has 1 aliphatic carbocycles. The molecule has 1 aliphatic rings. The third kappa shape index (κ3) is 3.22. The summed E-state index contributed by atoms with van der Waals surface area (Å²) >= 11 is 0. The summed E-state index contributed by atoms with van der Waals surface area (Å²) in [6.07, 6.45) is 5.32. The van der Waals surface area contributed by atoms with E-state index in [2.05, 4.69) is 10.1 Å². The first-order valence-corrected chi connectivity index (χ1v) is 6.45. The maximum absolute atomic E-state index is 13.7. The molecular weight excluding hydrogens is 252 g/mol. The van der Waals surface area contributed by atoms with Crippen LogP contribution in [0.25, 0.3) is 0 Å². The molecule has 0 atom stereocenters. The molecule has 2 rings (SSSR count). The predicted molar refractivity (Wildman–Crippen MR) is 68.2 cm³/mol. The topological polar surface area (TPSA) is 38.3 Å². The van der Waals surface area contributed by atoms with E-state index in [9.17, 15) is 13.6 Å². The summed E-state index contributed by atoms with van der Waals surface area (Å²) in [4.78, 5) is 11.4. The van der Waals surface area contributed by atoms with Gasteiger partial charge in [-0.15, -0.1) is 0 Å². The third-order valence-electron chi connectivity index (χ3n) is 3.43. The number of benzene rings is 1. The Bertz CT molecular complexity index is 471. The zero-order valence-corrected chi connectivity index (χ0v) is 10.8. The number of carbonyl (C=O) groups is 1. The fourth-order valence-corrected chi connectivity index (χ4v) is 2.39. The molecular formula is C14H17F2NO2. The number of anilines is 1. The first kappa shape index (κ1) is 13.8. The molecule has 0 bridgehead atoms. The number of hydrogen-bond acceptors (Lipinski definition) is 3. The van der Waals surface area contributed by atoms with Crippen molar-refractivity contribution in [3.05, 3.63) is 29.3 Å². The van der Waals surface area contributed by atoms with Crippen molar-refractivity contribution in [2.24, 2.45) is 0 Å². The Hall–Kier alpha value is -1.65. The van der Waals surface area contributed by atoms with Gasteiger partial charge in [0.25, 0.3) is 0 Å². The summed E-state index contributed by atoms with van der Waals surface area (Å²) in [7, 11) is 1.17. The second kappa shape index (κ2) is 5.99. The van der Waals surface area contributed by atoms with E-state index in [0.29, 0.717) is 0 Å². The van der Waals surface area contributed by atoms with Crippen LogP contribution in [0.4, 0.5) is 14.5 Å². The zero-order valence-electron chi connectivity index (χ0n) is 10.8. The Morgan fingerprint density at radius 2 is 1.89 bits per heavy atom. The van der Waals surface area contributed by atoms with Gasteiger partial charge in [0.1, 0.15) is 11.6 Å². The number of rotatable bonds is 3. The average Bonchev–Trinajstić information content (AvgIpc) is 2.42. The summed E-state index contributed by atoms with van der Waals surface area (Å²) in [6, 6.07) is 2.09. The van der Waals surface area contributed by atoms with E-state index < -0.39 is 17.6 Å². The summed E-state index contributed by atoms with van der Waals surface area (Å²) in [5.74, 6) is -2.39. The normalized spacial score (nSPS) is 16.2. The van der Waals surface area contributed by atoms with Crippen molar-refractivity contribution in [1.29, 1.82) is 0 Å². The smallest absolute Gasteiger partial charge is 0.340 e. The van der Waals surface area contributed by atoms with E-state index in [1.54, 1.807) is 0 Å². The highest BCUT2D eigenvalue weighted by molar-refractivity contribution is 5.90. The average molecular weight is 269 g/mol. The van der Waals surface area contributed by atoms with Crippen LogP contribution in [0.1, 0.15) is 42.5 Å². The van der Waals surface area contributed by atoms with Gasteiger partial charge in [0.15, 0.2) is 0 Å². The fraction of sp³-hybridized carbons (Fsp3) is 0.500. The minimum Gasteiger partial charge on any atom is -0.465 e. The SMILES string of the molecule is COC(=O)c1cc(NC2CCCCC2)c(F)cc1F. The Labute approximate surface area is 111 Å².